The Morgan fingerprint density at radius 2 is 2.00 bits per heavy atom. The van der Waals surface area contributed by atoms with Gasteiger partial charge in [0.15, 0.2) is 0 Å². The van der Waals surface area contributed by atoms with Crippen LogP contribution in [0.5, 0.6) is 0 Å². The van der Waals surface area contributed by atoms with E-state index < -0.39 is 0 Å². The molecule has 0 aliphatic carbocycles. The normalized spacial score (nSPS) is 15.7. The number of hydrogen-bond acceptors (Lipinski definition) is 4. The van der Waals surface area contributed by atoms with E-state index in [1.54, 1.807) is 23.3 Å². The second-order valence-electron chi connectivity index (χ2n) is 6.84. The van der Waals surface area contributed by atoms with Crippen LogP contribution in [0.3, 0.4) is 0 Å². The summed E-state index contributed by atoms with van der Waals surface area (Å²) >= 11 is 0. The number of aromatic nitrogens is 3. The number of hydrogen-bond donors (Lipinski definition) is 2. The van der Waals surface area contributed by atoms with Crippen LogP contribution in [0.25, 0.3) is 16.9 Å². The number of nitrogens with one attached hydrogen (secondary N) is 2. The van der Waals surface area contributed by atoms with E-state index in [-0.39, 0.29) is 30.7 Å². The van der Waals surface area contributed by atoms with E-state index in [0.717, 1.165) is 37.2 Å². The number of halogens is 2. The van der Waals surface area contributed by atoms with Crippen molar-refractivity contribution < 1.29 is 4.79 Å². The summed E-state index contributed by atoms with van der Waals surface area (Å²) in [4.78, 5) is 17.1. The zero-order chi connectivity index (χ0) is 18.5. The summed E-state index contributed by atoms with van der Waals surface area (Å²) in [5, 5.41) is 11.1. The molecule has 29 heavy (non-hydrogen) atoms. The van der Waals surface area contributed by atoms with Crippen molar-refractivity contribution in [3.8, 4) is 16.9 Å². The highest BCUT2D eigenvalue weighted by molar-refractivity contribution is 5.99. The van der Waals surface area contributed by atoms with Crippen LogP contribution in [0.1, 0.15) is 23.2 Å². The molecule has 1 amide bonds. The maximum Gasteiger partial charge on any atom is 0.255 e. The SMILES string of the molecule is Cl.Cl.O=C(NCC1CCCNC1)c1cn(-c2ccccc2)nc1-c1cccnc1. The predicted octanol–water partition coefficient (Wildman–Crippen LogP) is 3.51. The van der Waals surface area contributed by atoms with Crippen LogP contribution < -0.4 is 10.6 Å². The summed E-state index contributed by atoms with van der Waals surface area (Å²) in [6.45, 7) is 2.70. The number of benzene rings is 1. The van der Waals surface area contributed by atoms with Crippen molar-refractivity contribution in [1.29, 1.82) is 0 Å². The molecular weight excluding hydrogens is 409 g/mol. The van der Waals surface area contributed by atoms with Crippen LogP contribution in [-0.2, 0) is 0 Å². The lowest BCUT2D eigenvalue weighted by Gasteiger charge is -2.22. The van der Waals surface area contributed by atoms with Crippen LogP contribution in [0.2, 0.25) is 0 Å². The van der Waals surface area contributed by atoms with E-state index in [1.165, 1.54) is 0 Å². The van der Waals surface area contributed by atoms with Crippen LogP contribution in [0.15, 0.2) is 61.1 Å². The van der Waals surface area contributed by atoms with Crippen LogP contribution in [-0.4, -0.2) is 40.3 Å². The number of carbonyl (C=O) groups excluding carboxylic acids is 1. The van der Waals surface area contributed by atoms with Crippen molar-refractivity contribution in [2.45, 2.75) is 12.8 Å². The number of amides is 1. The monoisotopic (exact) mass is 433 g/mol. The molecule has 1 aliphatic heterocycles. The first-order chi connectivity index (χ1) is 13.3. The van der Waals surface area contributed by atoms with Crippen molar-refractivity contribution in [3.63, 3.8) is 0 Å². The Morgan fingerprint density at radius 3 is 2.69 bits per heavy atom. The number of piperidine rings is 1. The fourth-order valence-corrected chi connectivity index (χ4v) is 3.40. The van der Waals surface area contributed by atoms with Crippen molar-refractivity contribution in [1.82, 2.24) is 25.4 Å². The average molecular weight is 434 g/mol. The highest BCUT2D eigenvalue weighted by Crippen LogP contribution is 2.23. The molecule has 2 aromatic heterocycles. The van der Waals surface area contributed by atoms with Gasteiger partial charge in [-0.15, -0.1) is 24.8 Å². The first-order valence-corrected chi connectivity index (χ1v) is 9.35. The summed E-state index contributed by atoms with van der Waals surface area (Å²) < 4.78 is 1.75. The summed E-state index contributed by atoms with van der Waals surface area (Å²) in [6.07, 6.45) is 7.55. The Labute approximate surface area is 182 Å². The lowest BCUT2D eigenvalue weighted by Crippen LogP contribution is -2.38. The second-order valence-corrected chi connectivity index (χ2v) is 6.84. The molecule has 8 heteroatoms. The Bertz CT molecular complexity index is 896. The maximum absolute atomic E-state index is 12.9. The molecule has 1 aliphatic rings. The zero-order valence-corrected chi connectivity index (χ0v) is 17.6. The minimum absolute atomic E-state index is 0. The van der Waals surface area contributed by atoms with Gasteiger partial charge in [-0.2, -0.15) is 5.10 Å². The Morgan fingerprint density at radius 1 is 1.17 bits per heavy atom. The minimum atomic E-state index is -0.0957. The van der Waals surface area contributed by atoms with E-state index in [0.29, 0.717) is 23.7 Å². The molecule has 0 radical (unpaired) electrons. The first-order valence-electron chi connectivity index (χ1n) is 9.35. The highest BCUT2D eigenvalue weighted by Gasteiger charge is 2.20. The molecule has 1 saturated heterocycles. The third-order valence-corrected chi connectivity index (χ3v) is 4.86. The van der Waals surface area contributed by atoms with Crippen LogP contribution >= 0.6 is 24.8 Å². The smallest absolute Gasteiger partial charge is 0.255 e. The predicted molar refractivity (Wildman–Crippen MR) is 119 cm³/mol. The summed E-state index contributed by atoms with van der Waals surface area (Å²) in [5.41, 5.74) is 2.96. The van der Waals surface area contributed by atoms with Gasteiger partial charge in [-0.3, -0.25) is 9.78 Å². The first kappa shape index (κ1) is 22.9. The van der Waals surface area contributed by atoms with E-state index in [4.69, 9.17) is 0 Å². The second kappa shape index (κ2) is 11.0. The lowest BCUT2D eigenvalue weighted by atomic mass is 9.99. The molecule has 1 atom stereocenters. The fourth-order valence-electron chi connectivity index (χ4n) is 3.40. The van der Waals surface area contributed by atoms with Gasteiger partial charge in [-0.05, 0) is 56.1 Å². The topological polar surface area (TPSA) is 71.8 Å². The fraction of sp³-hybridized carbons (Fsp3) is 0.286. The average Bonchev–Trinajstić information content (AvgIpc) is 3.20. The summed E-state index contributed by atoms with van der Waals surface area (Å²) in [6, 6.07) is 13.6. The van der Waals surface area contributed by atoms with Crippen molar-refractivity contribution in [2.75, 3.05) is 19.6 Å². The number of para-hydroxylation sites is 1. The maximum atomic E-state index is 12.9. The van der Waals surface area contributed by atoms with Gasteiger partial charge in [-0.25, -0.2) is 4.68 Å². The Hall–Kier alpha value is -2.41. The van der Waals surface area contributed by atoms with E-state index in [1.807, 2.05) is 42.5 Å². The van der Waals surface area contributed by atoms with E-state index in [2.05, 4.69) is 20.7 Å². The number of carbonyl (C=O) groups is 1. The van der Waals surface area contributed by atoms with Gasteiger partial charge >= 0.3 is 0 Å². The molecule has 3 heterocycles. The Balaban J connectivity index is 0.00000150. The standard InChI is InChI=1S/C21H23N5O.2ClH/c27-21(24-13-16-6-4-10-22-12-16)19-15-26(18-8-2-1-3-9-18)25-20(19)17-7-5-11-23-14-17;;/h1-3,5,7-9,11,14-16,22H,4,6,10,12-13H2,(H,24,27);2*1H. The van der Waals surface area contributed by atoms with E-state index >= 15 is 0 Å². The Kier molecular flexibility index (Phi) is 8.64. The summed E-state index contributed by atoms with van der Waals surface area (Å²) in [5.74, 6) is 0.385. The zero-order valence-electron chi connectivity index (χ0n) is 16.0. The van der Waals surface area contributed by atoms with Gasteiger partial charge < -0.3 is 10.6 Å². The van der Waals surface area contributed by atoms with Gasteiger partial charge in [0.25, 0.3) is 5.91 Å². The largest absolute Gasteiger partial charge is 0.352 e. The molecule has 0 saturated carbocycles. The van der Waals surface area contributed by atoms with Gasteiger partial charge in [0.1, 0.15) is 5.69 Å². The number of nitrogens with zero attached hydrogens (tertiary/aromatic N) is 3. The van der Waals surface area contributed by atoms with Crippen molar-refractivity contribution >= 4 is 30.7 Å². The van der Waals surface area contributed by atoms with Crippen LogP contribution in [0, 0.1) is 5.92 Å². The molecule has 154 valence electrons. The molecule has 2 N–H and O–H groups in total. The van der Waals surface area contributed by atoms with Gasteiger partial charge in [-0.1, -0.05) is 18.2 Å². The van der Waals surface area contributed by atoms with E-state index in [9.17, 15) is 4.79 Å². The minimum Gasteiger partial charge on any atom is -0.352 e. The molecule has 1 unspecified atom stereocenters. The molecule has 0 bridgehead atoms. The molecule has 0 spiro atoms. The highest BCUT2D eigenvalue weighted by atomic mass is 35.5. The molecule has 1 aromatic carbocycles. The molecule has 6 nitrogen and oxygen atoms in total. The molecular formula is C21H25Cl2N5O. The van der Waals surface area contributed by atoms with Crippen molar-refractivity contribution in [3.05, 3.63) is 66.6 Å². The third kappa shape index (κ3) is 5.56. The number of rotatable bonds is 5. The molecule has 1 fully saturated rings. The van der Waals surface area contributed by atoms with Gasteiger partial charge in [0.05, 0.1) is 11.3 Å². The van der Waals surface area contributed by atoms with Gasteiger partial charge in [0.2, 0.25) is 0 Å². The lowest BCUT2D eigenvalue weighted by molar-refractivity contribution is 0.0945. The quantitative estimate of drug-likeness (QED) is 0.645. The summed E-state index contributed by atoms with van der Waals surface area (Å²) in [7, 11) is 0. The van der Waals surface area contributed by atoms with Crippen molar-refractivity contribution in [2.24, 2.45) is 5.92 Å². The van der Waals surface area contributed by atoms with Crippen LogP contribution in [0.4, 0.5) is 0 Å². The van der Waals surface area contributed by atoms with Gasteiger partial charge in [0, 0.05) is 30.7 Å². The number of pyridine rings is 1. The molecule has 4 rings (SSSR count). The third-order valence-electron chi connectivity index (χ3n) is 4.86. The molecule has 3 aromatic rings.